The largest absolute Gasteiger partial charge is 0.334 e. The first-order valence-corrected chi connectivity index (χ1v) is 4.96. The fraction of sp³-hybridized carbons (Fsp3) is 0.364. The molecule has 2 nitrogen and oxygen atoms in total. The number of carbonyl (C=O) groups excluding carboxylic acids is 1. The van der Waals surface area contributed by atoms with Gasteiger partial charge in [-0.15, -0.1) is 0 Å². The smallest absolute Gasteiger partial charge is 0.315 e. The monoisotopic (exact) mass is 249 g/mol. The molecule has 0 atom stereocenters. The lowest BCUT2D eigenvalue weighted by Crippen LogP contribution is -2.34. The molecule has 0 aliphatic rings. The van der Waals surface area contributed by atoms with Gasteiger partial charge in [-0.1, -0.05) is 6.07 Å². The van der Waals surface area contributed by atoms with Gasteiger partial charge in [-0.25, -0.2) is 8.78 Å². The normalized spacial score (nSPS) is 10.7. The lowest BCUT2D eigenvalue weighted by Gasteiger charge is -2.20. The van der Waals surface area contributed by atoms with Gasteiger partial charge in [0, 0.05) is 13.1 Å². The van der Waals surface area contributed by atoms with E-state index in [2.05, 4.69) is 0 Å². The van der Waals surface area contributed by atoms with Gasteiger partial charge in [0.1, 0.15) is 0 Å². The molecule has 6 heteroatoms. The second-order valence-electron chi connectivity index (χ2n) is 3.40. The molecule has 0 bridgehead atoms. The third-order valence-corrected chi connectivity index (χ3v) is 2.24. The Labute approximate surface area is 95.8 Å². The first kappa shape index (κ1) is 13.5. The summed E-state index contributed by atoms with van der Waals surface area (Å²) >= 11 is 0. The van der Waals surface area contributed by atoms with E-state index in [0.717, 1.165) is 17.0 Å². The van der Waals surface area contributed by atoms with Crippen molar-refractivity contribution in [2.45, 2.75) is 19.9 Å². The van der Waals surface area contributed by atoms with Crippen LogP contribution in [0.3, 0.4) is 0 Å². The molecule has 0 spiro atoms. The highest BCUT2D eigenvalue weighted by Crippen LogP contribution is 2.12. The molecule has 1 aromatic rings. The highest BCUT2D eigenvalue weighted by Gasteiger charge is 2.22. The minimum absolute atomic E-state index is 0.0716. The number of alkyl halides is 2. The first-order chi connectivity index (χ1) is 7.95. The van der Waals surface area contributed by atoms with Crippen molar-refractivity contribution in [3.05, 3.63) is 35.4 Å². The molecule has 0 fully saturated rings. The number of rotatable bonds is 4. The van der Waals surface area contributed by atoms with E-state index in [1.807, 2.05) is 0 Å². The molecule has 0 aliphatic carbocycles. The zero-order chi connectivity index (χ0) is 13.0. The van der Waals surface area contributed by atoms with Crippen molar-refractivity contribution in [2.75, 3.05) is 6.54 Å². The van der Waals surface area contributed by atoms with Gasteiger partial charge in [-0.2, -0.15) is 8.78 Å². The lowest BCUT2D eigenvalue weighted by molar-refractivity contribution is -0.143. The summed E-state index contributed by atoms with van der Waals surface area (Å²) in [6.07, 6.45) is -3.10. The van der Waals surface area contributed by atoms with Crippen molar-refractivity contribution in [1.82, 2.24) is 4.90 Å². The van der Waals surface area contributed by atoms with E-state index >= 15 is 0 Å². The molecule has 0 aliphatic heterocycles. The minimum atomic E-state index is -3.10. The fourth-order valence-electron chi connectivity index (χ4n) is 1.34. The predicted octanol–water partition coefficient (Wildman–Crippen LogP) is 2.58. The summed E-state index contributed by atoms with van der Waals surface area (Å²) in [5.41, 5.74) is 0.264. The van der Waals surface area contributed by atoms with E-state index in [1.54, 1.807) is 0 Å². The van der Waals surface area contributed by atoms with Crippen molar-refractivity contribution < 1.29 is 22.4 Å². The molecule has 0 heterocycles. The van der Waals surface area contributed by atoms with Gasteiger partial charge in [0.15, 0.2) is 11.6 Å². The number of amides is 1. The lowest BCUT2D eigenvalue weighted by atomic mass is 10.2. The molecule has 1 aromatic carbocycles. The Balaban J connectivity index is 2.80. The van der Waals surface area contributed by atoms with Crippen LogP contribution in [0.15, 0.2) is 18.2 Å². The number of carbonyl (C=O) groups is 1. The van der Waals surface area contributed by atoms with E-state index in [9.17, 15) is 22.4 Å². The van der Waals surface area contributed by atoms with E-state index < -0.39 is 24.0 Å². The van der Waals surface area contributed by atoms with Gasteiger partial charge in [0.25, 0.3) is 5.91 Å². The Bertz CT molecular complexity index is 408. The number of nitrogens with zero attached hydrogens (tertiary/aromatic N) is 1. The quantitative estimate of drug-likeness (QED) is 0.751. The second kappa shape index (κ2) is 5.65. The van der Waals surface area contributed by atoms with Gasteiger partial charge in [0.2, 0.25) is 0 Å². The second-order valence-corrected chi connectivity index (χ2v) is 3.40. The summed E-state index contributed by atoms with van der Waals surface area (Å²) in [6, 6.07) is 3.03. The fourth-order valence-corrected chi connectivity index (χ4v) is 1.34. The summed E-state index contributed by atoms with van der Waals surface area (Å²) < 4.78 is 49.9. The molecule has 1 rings (SSSR count). The summed E-state index contributed by atoms with van der Waals surface area (Å²) in [7, 11) is 0. The first-order valence-electron chi connectivity index (χ1n) is 4.96. The number of halogens is 4. The average Bonchev–Trinajstić information content (AvgIpc) is 2.29. The van der Waals surface area contributed by atoms with Gasteiger partial charge >= 0.3 is 6.43 Å². The van der Waals surface area contributed by atoms with Crippen molar-refractivity contribution in [1.29, 1.82) is 0 Å². The average molecular weight is 249 g/mol. The van der Waals surface area contributed by atoms with Crippen molar-refractivity contribution in [3.63, 3.8) is 0 Å². The van der Waals surface area contributed by atoms with Crippen LogP contribution in [-0.4, -0.2) is 23.8 Å². The van der Waals surface area contributed by atoms with E-state index in [0.29, 0.717) is 0 Å². The molecular formula is C11H11F4NO. The predicted molar refractivity (Wildman–Crippen MR) is 53.5 cm³/mol. The van der Waals surface area contributed by atoms with E-state index in [-0.39, 0.29) is 18.7 Å². The van der Waals surface area contributed by atoms with Gasteiger partial charge in [-0.3, -0.25) is 4.79 Å². The third kappa shape index (κ3) is 3.44. The van der Waals surface area contributed by atoms with Crippen LogP contribution in [0, 0.1) is 11.6 Å². The highest BCUT2D eigenvalue weighted by molar-refractivity contribution is 5.79. The Morgan fingerprint density at radius 2 is 1.94 bits per heavy atom. The zero-order valence-electron chi connectivity index (χ0n) is 9.09. The Hall–Kier alpha value is -1.59. The van der Waals surface area contributed by atoms with Crippen molar-refractivity contribution >= 4 is 5.91 Å². The van der Waals surface area contributed by atoms with Gasteiger partial charge in [0.05, 0.1) is 0 Å². The van der Waals surface area contributed by atoms with Crippen LogP contribution >= 0.6 is 0 Å². The van der Waals surface area contributed by atoms with Crippen LogP contribution in [0.4, 0.5) is 17.6 Å². The maximum atomic E-state index is 12.9. The molecule has 1 amide bonds. The van der Waals surface area contributed by atoms with Gasteiger partial charge < -0.3 is 4.90 Å². The third-order valence-electron chi connectivity index (χ3n) is 2.24. The highest BCUT2D eigenvalue weighted by atomic mass is 19.3. The maximum Gasteiger partial charge on any atom is 0.315 e. The molecular weight excluding hydrogens is 238 g/mol. The molecule has 0 saturated heterocycles. The summed E-state index contributed by atoms with van der Waals surface area (Å²) in [5, 5.41) is 0. The summed E-state index contributed by atoms with van der Waals surface area (Å²) in [6.45, 7) is 1.43. The molecule has 0 N–H and O–H groups in total. The molecule has 0 radical (unpaired) electrons. The van der Waals surface area contributed by atoms with Crippen LogP contribution in [0.1, 0.15) is 12.5 Å². The topological polar surface area (TPSA) is 20.3 Å². The Kier molecular flexibility index (Phi) is 4.48. The SMILES string of the molecule is CCN(Cc1ccc(F)c(F)c1)C(=O)C(F)F. The summed E-state index contributed by atoms with van der Waals surface area (Å²) in [4.78, 5) is 11.9. The molecule has 0 unspecified atom stereocenters. The molecule has 0 aromatic heterocycles. The van der Waals surface area contributed by atoms with Crippen LogP contribution in [0.2, 0.25) is 0 Å². The molecule has 17 heavy (non-hydrogen) atoms. The number of benzene rings is 1. The van der Waals surface area contributed by atoms with Crippen LogP contribution in [0.25, 0.3) is 0 Å². The Morgan fingerprint density at radius 1 is 1.29 bits per heavy atom. The number of hydrogen-bond donors (Lipinski definition) is 0. The van der Waals surface area contributed by atoms with E-state index in [1.165, 1.54) is 13.0 Å². The van der Waals surface area contributed by atoms with Gasteiger partial charge in [-0.05, 0) is 24.6 Å². The summed E-state index contributed by atoms with van der Waals surface area (Å²) in [5.74, 6) is -3.41. The molecule has 0 saturated carbocycles. The van der Waals surface area contributed by atoms with Crippen LogP contribution in [-0.2, 0) is 11.3 Å². The Morgan fingerprint density at radius 3 is 2.41 bits per heavy atom. The zero-order valence-corrected chi connectivity index (χ0v) is 9.09. The van der Waals surface area contributed by atoms with Crippen LogP contribution in [0.5, 0.6) is 0 Å². The number of hydrogen-bond acceptors (Lipinski definition) is 1. The van der Waals surface area contributed by atoms with E-state index in [4.69, 9.17) is 0 Å². The maximum absolute atomic E-state index is 12.9. The van der Waals surface area contributed by atoms with Crippen molar-refractivity contribution in [2.24, 2.45) is 0 Å². The minimum Gasteiger partial charge on any atom is -0.334 e. The molecule has 94 valence electrons. The van der Waals surface area contributed by atoms with Crippen molar-refractivity contribution in [3.8, 4) is 0 Å². The van der Waals surface area contributed by atoms with Crippen LogP contribution < -0.4 is 0 Å². The standard InChI is InChI=1S/C11H11F4NO/c1-2-16(11(17)10(14)15)6-7-3-4-8(12)9(13)5-7/h3-5,10H,2,6H2,1H3.